The van der Waals surface area contributed by atoms with E-state index in [0.29, 0.717) is 5.88 Å². The SMILES string of the molecule is CC(C)(C)OC(=O)/C=C/CCCCCl. The van der Waals surface area contributed by atoms with Crippen molar-refractivity contribution in [1.82, 2.24) is 0 Å². The summed E-state index contributed by atoms with van der Waals surface area (Å²) >= 11 is 5.51. The molecule has 0 aromatic heterocycles. The number of hydrogen-bond acceptors (Lipinski definition) is 2. The molecule has 0 radical (unpaired) electrons. The second-order valence-corrected chi connectivity index (χ2v) is 4.50. The average Bonchev–Trinajstić information content (AvgIpc) is 2.00. The lowest BCUT2D eigenvalue weighted by Gasteiger charge is -2.17. The van der Waals surface area contributed by atoms with Gasteiger partial charge < -0.3 is 4.74 Å². The van der Waals surface area contributed by atoms with Gasteiger partial charge in [0, 0.05) is 12.0 Å². The molecule has 0 rings (SSSR count). The molecule has 3 heteroatoms. The van der Waals surface area contributed by atoms with Gasteiger partial charge in [0.25, 0.3) is 0 Å². The maximum atomic E-state index is 11.2. The molecule has 0 aliphatic carbocycles. The Morgan fingerprint density at radius 1 is 1.36 bits per heavy atom. The van der Waals surface area contributed by atoms with Crippen molar-refractivity contribution in [2.24, 2.45) is 0 Å². The van der Waals surface area contributed by atoms with E-state index in [1.807, 2.05) is 26.8 Å². The van der Waals surface area contributed by atoms with E-state index >= 15 is 0 Å². The molecule has 0 N–H and O–H groups in total. The van der Waals surface area contributed by atoms with Crippen LogP contribution in [0.1, 0.15) is 40.0 Å². The van der Waals surface area contributed by atoms with E-state index in [-0.39, 0.29) is 5.97 Å². The van der Waals surface area contributed by atoms with Crippen LogP contribution in [0.5, 0.6) is 0 Å². The first-order chi connectivity index (χ1) is 6.45. The zero-order valence-electron chi connectivity index (χ0n) is 9.18. The van der Waals surface area contributed by atoms with Crippen LogP contribution < -0.4 is 0 Å². The van der Waals surface area contributed by atoms with Crippen molar-refractivity contribution in [2.75, 3.05) is 5.88 Å². The van der Waals surface area contributed by atoms with Crippen LogP contribution in [0, 0.1) is 0 Å². The molecule has 14 heavy (non-hydrogen) atoms. The normalized spacial score (nSPS) is 12.0. The molecule has 0 saturated carbocycles. The van der Waals surface area contributed by atoms with Crippen LogP contribution in [0.2, 0.25) is 0 Å². The van der Waals surface area contributed by atoms with Gasteiger partial charge in [0.15, 0.2) is 0 Å². The quantitative estimate of drug-likeness (QED) is 0.306. The Bertz CT molecular complexity index is 192. The minimum absolute atomic E-state index is 0.275. The number of esters is 1. The van der Waals surface area contributed by atoms with Gasteiger partial charge in [-0.05, 0) is 40.0 Å². The first kappa shape index (κ1) is 13.5. The smallest absolute Gasteiger partial charge is 0.330 e. The lowest BCUT2D eigenvalue weighted by atomic mass is 10.2. The highest BCUT2D eigenvalue weighted by molar-refractivity contribution is 6.17. The standard InChI is InChI=1S/C11H19ClO2/c1-11(2,3)14-10(13)8-6-4-5-7-9-12/h6,8H,4-5,7,9H2,1-3H3/b8-6+. The van der Waals surface area contributed by atoms with Gasteiger partial charge in [-0.1, -0.05) is 6.08 Å². The van der Waals surface area contributed by atoms with E-state index < -0.39 is 5.60 Å². The van der Waals surface area contributed by atoms with Crippen molar-refractivity contribution in [1.29, 1.82) is 0 Å². The maximum Gasteiger partial charge on any atom is 0.330 e. The van der Waals surface area contributed by atoms with Crippen molar-refractivity contribution in [3.05, 3.63) is 12.2 Å². The van der Waals surface area contributed by atoms with Crippen LogP contribution in [0.15, 0.2) is 12.2 Å². The fourth-order valence-electron chi connectivity index (χ4n) is 0.872. The zero-order chi connectivity index (χ0) is 11.0. The lowest BCUT2D eigenvalue weighted by molar-refractivity contribution is -0.148. The van der Waals surface area contributed by atoms with E-state index in [4.69, 9.17) is 16.3 Å². The molecule has 0 atom stereocenters. The van der Waals surface area contributed by atoms with Crippen LogP contribution >= 0.6 is 11.6 Å². The number of allylic oxidation sites excluding steroid dienone is 1. The number of ether oxygens (including phenoxy) is 1. The summed E-state index contributed by atoms with van der Waals surface area (Å²) in [6.07, 6.45) is 6.20. The number of unbranched alkanes of at least 4 members (excludes halogenated alkanes) is 2. The van der Waals surface area contributed by atoms with Gasteiger partial charge in [0.2, 0.25) is 0 Å². The van der Waals surface area contributed by atoms with Gasteiger partial charge in [0.1, 0.15) is 5.60 Å². The number of rotatable bonds is 5. The van der Waals surface area contributed by atoms with Gasteiger partial charge in [-0.15, -0.1) is 11.6 Å². The van der Waals surface area contributed by atoms with Crippen LogP contribution in [0.3, 0.4) is 0 Å². The molecule has 0 bridgehead atoms. The molecule has 0 spiro atoms. The monoisotopic (exact) mass is 218 g/mol. The molecule has 0 fully saturated rings. The second kappa shape index (κ2) is 6.88. The van der Waals surface area contributed by atoms with E-state index in [1.54, 1.807) is 0 Å². The Morgan fingerprint density at radius 2 is 2.00 bits per heavy atom. The highest BCUT2D eigenvalue weighted by Crippen LogP contribution is 2.07. The summed E-state index contributed by atoms with van der Waals surface area (Å²) in [6.45, 7) is 5.56. The highest BCUT2D eigenvalue weighted by Gasteiger charge is 2.13. The highest BCUT2D eigenvalue weighted by atomic mass is 35.5. The van der Waals surface area contributed by atoms with Crippen molar-refractivity contribution < 1.29 is 9.53 Å². The molecule has 0 aromatic rings. The van der Waals surface area contributed by atoms with Gasteiger partial charge in [-0.2, -0.15) is 0 Å². The average molecular weight is 219 g/mol. The Hall–Kier alpha value is -0.500. The zero-order valence-corrected chi connectivity index (χ0v) is 9.93. The second-order valence-electron chi connectivity index (χ2n) is 4.12. The van der Waals surface area contributed by atoms with Crippen molar-refractivity contribution in [2.45, 2.75) is 45.6 Å². The maximum absolute atomic E-state index is 11.2. The molecule has 0 unspecified atom stereocenters. The summed E-state index contributed by atoms with van der Waals surface area (Å²) in [5.74, 6) is 0.406. The summed E-state index contributed by atoms with van der Waals surface area (Å²) in [6, 6.07) is 0. The minimum Gasteiger partial charge on any atom is -0.457 e. The third kappa shape index (κ3) is 9.59. The number of halogens is 1. The van der Waals surface area contributed by atoms with Crippen molar-refractivity contribution in [3.8, 4) is 0 Å². The van der Waals surface area contributed by atoms with Gasteiger partial charge in [-0.25, -0.2) is 4.79 Å². The molecular weight excluding hydrogens is 200 g/mol. The van der Waals surface area contributed by atoms with Crippen molar-refractivity contribution >= 4 is 17.6 Å². The molecule has 0 aliphatic rings. The van der Waals surface area contributed by atoms with E-state index in [1.165, 1.54) is 6.08 Å². The van der Waals surface area contributed by atoms with Gasteiger partial charge >= 0.3 is 5.97 Å². The third-order valence-corrected chi connectivity index (χ3v) is 1.68. The minimum atomic E-state index is -0.405. The van der Waals surface area contributed by atoms with Gasteiger partial charge in [-0.3, -0.25) is 0 Å². The number of hydrogen-bond donors (Lipinski definition) is 0. The first-order valence-corrected chi connectivity index (χ1v) is 5.44. The molecule has 0 aliphatic heterocycles. The topological polar surface area (TPSA) is 26.3 Å². The Kier molecular flexibility index (Phi) is 6.64. The molecule has 0 amide bonds. The first-order valence-electron chi connectivity index (χ1n) is 4.91. The van der Waals surface area contributed by atoms with Gasteiger partial charge in [0.05, 0.1) is 0 Å². The molecular formula is C11H19ClO2. The predicted molar refractivity (Wildman–Crippen MR) is 59.6 cm³/mol. The number of carbonyl (C=O) groups is 1. The van der Waals surface area contributed by atoms with E-state index in [2.05, 4.69) is 0 Å². The lowest BCUT2D eigenvalue weighted by Crippen LogP contribution is -2.22. The molecule has 2 nitrogen and oxygen atoms in total. The van der Waals surface area contributed by atoms with Crippen LogP contribution in [-0.4, -0.2) is 17.5 Å². The van der Waals surface area contributed by atoms with Crippen LogP contribution in [0.4, 0.5) is 0 Å². The molecule has 0 aromatic carbocycles. The predicted octanol–water partition coefficient (Wildman–Crippen LogP) is 3.29. The summed E-state index contributed by atoms with van der Waals surface area (Å²) in [4.78, 5) is 11.2. The fraction of sp³-hybridized carbons (Fsp3) is 0.727. The number of alkyl halides is 1. The van der Waals surface area contributed by atoms with Crippen LogP contribution in [-0.2, 0) is 9.53 Å². The number of carbonyl (C=O) groups excluding carboxylic acids is 1. The van der Waals surface area contributed by atoms with Crippen molar-refractivity contribution in [3.63, 3.8) is 0 Å². The van der Waals surface area contributed by atoms with Crippen LogP contribution in [0.25, 0.3) is 0 Å². The van der Waals surface area contributed by atoms with E-state index in [9.17, 15) is 4.79 Å². The summed E-state index contributed by atoms with van der Waals surface area (Å²) in [7, 11) is 0. The Morgan fingerprint density at radius 3 is 2.50 bits per heavy atom. The fourth-order valence-corrected chi connectivity index (χ4v) is 1.06. The molecule has 82 valence electrons. The summed E-state index contributed by atoms with van der Waals surface area (Å²) < 4.78 is 5.09. The summed E-state index contributed by atoms with van der Waals surface area (Å²) in [5.41, 5.74) is -0.405. The molecule has 0 heterocycles. The largest absolute Gasteiger partial charge is 0.457 e. The Balaban J connectivity index is 3.61. The molecule has 0 saturated heterocycles. The Labute approximate surface area is 91.3 Å². The summed E-state index contributed by atoms with van der Waals surface area (Å²) in [5, 5.41) is 0. The van der Waals surface area contributed by atoms with E-state index in [0.717, 1.165) is 19.3 Å². The third-order valence-electron chi connectivity index (χ3n) is 1.42.